The van der Waals surface area contributed by atoms with Crippen molar-refractivity contribution in [1.82, 2.24) is 9.97 Å². The minimum absolute atomic E-state index is 0.708. The van der Waals surface area contributed by atoms with Crippen LogP contribution in [0.1, 0.15) is 39.4 Å². The molecule has 0 aliphatic carbocycles. The molecule has 19 heavy (non-hydrogen) atoms. The Morgan fingerprint density at radius 3 is 2.58 bits per heavy atom. The zero-order valence-electron chi connectivity index (χ0n) is 12.2. The highest BCUT2D eigenvalue weighted by molar-refractivity contribution is 5.49. The lowest BCUT2D eigenvalue weighted by atomic mass is 9.92. The van der Waals surface area contributed by atoms with Gasteiger partial charge in [-0.15, -0.1) is 0 Å². The maximum Gasteiger partial charge on any atom is 0.145 e. The van der Waals surface area contributed by atoms with E-state index in [1.807, 2.05) is 6.07 Å². The zero-order chi connectivity index (χ0) is 13.8. The molecular weight excluding hydrogens is 238 g/mol. The lowest BCUT2D eigenvalue weighted by Gasteiger charge is -2.36. The highest BCUT2D eigenvalue weighted by Crippen LogP contribution is 2.26. The molecule has 1 saturated heterocycles. The van der Waals surface area contributed by atoms with Crippen LogP contribution in [-0.2, 0) is 6.42 Å². The summed E-state index contributed by atoms with van der Waals surface area (Å²) in [4.78, 5) is 11.4. The van der Waals surface area contributed by atoms with Gasteiger partial charge >= 0.3 is 0 Å². The lowest BCUT2D eigenvalue weighted by Crippen LogP contribution is -2.39. The molecule has 5 heteroatoms. The Bertz CT molecular complexity index is 410. The van der Waals surface area contributed by atoms with E-state index in [1.54, 1.807) is 0 Å². The van der Waals surface area contributed by atoms with E-state index in [-0.39, 0.29) is 0 Å². The van der Waals surface area contributed by atoms with Crippen LogP contribution in [0.25, 0.3) is 0 Å². The molecule has 0 amide bonds. The first-order chi connectivity index (χ1) is 9.12. The summed E-state index contributed by atoms with van der Waals surface area (Å²) in [6.45, 7) is 8.88. The quantitative estimate of drug-likeness (QED) is 0.644. The number of nitrogen functional groups attached to an aromatic ring is 1. The number of hydrazine groups is 1. The van der Waals surface area contributed by atoms with E-state index < -0.39 is 0 Å². The van der Waals surface area contributed by atoms with Crippen LogP contribution >= 0.6 is 0 Å². The van der Waals surface area contributed by atoms with Crippen LogP contribution in [0.4, 0.5) is 11.6 Å². The monoisotopic (exact) mass is 263 g/mol. The topological polar surface area (TPSA) is 67.1 Å². The molecule has 3 N–H and O–H groups in total. The Hall–Kier alpha value is -1.36. The molecule has 0 bridgehead atoms. The molecule has 0 saturated carbocycles. The molecule has 2 rings (SSSR count). The number of nitrogens with two attached hydrogens (primary N) is 1. The van der Waals surface area contributed by atoms with Crippen molar-refractivity contribution in [3.05, 3.63) is 11.9 Å². The van der Waals surface area contributed by atoms with Gasteiger partial charge < -0.3 is 10.3 Å². The molecule has 1 aliphatic heterocycles. The normalized spacial score (nSPS) is 23.5. The van der Waals surface area contributed by atoms with E-state index in [2.05, 4.69) is 41.1 Å². The number of aromatic nitrogens is 2. The molecular formula is C14H25N5. The molecule has 1 aromatic heterocycles. The van der Waals surface area contributed by atoms with Crippen molar-refractivity contribution in [1.29, 1.82) is 0 Å². The number of hydrogen-bond acceptors (Lipinski definition) is 5. The maximum absolute atomic E-state index is 5.51. The van der Waals surface area contributed by atoms with E-state index in [0.29, 0.717) is 17.7 Å². The van der Waals surface area contributed by atoms with Crippen LogP contribution in [0.15, 0.2) is 6.07 Å². The standard InChI is InChI=1S/C14H25N5/c1-4-5-12-16-13(18-15)7-14(17-12)19-8-10(2)6-11(3)9-19/h7,10-11H,4-6,8-9,15H2,1-3H3,(H,16,17,18). The third-order valence-corrected chi connectivity index (χ3v) is 3.57. The Balaban J connectivity index is 2.24. The van der Waals surface area contributed by atoms with E-state index in [4.69, 9.17) is 5.84 Å². The van der Waals surface area contributed by atoms with Gasteiger partial charge in [0, 0.05) is 25.6 Å². The second-order valence-electron chi connectivity index (χ2n) is 5.77. The third kappa shape index (κ3) is 3.56. The second-order valence-corrected chi connectivity index (χ2v) is 5.77. The highest BCUT2D eigenvalue weighted by atomic mass is 15.3. The van der Waals surface area contributed by atoms with Crippen molar-refractivity contribution in [2.24, 2.45) is 17.7 Å². The van der Waals surface area contributed by atoms with Crippen molar-refractivity contribution >= 4 is 11.6 Å². The molecule has 2 heterocycles. The Morgan fingerprint density at radius 2 is 2.00 bits per heavy atom. The average molecular weight is 263 g/mol. The third-order valence-electron chi connectivity index (χ3n) is 3.57. The molecule has 0 spiro atoms. The van der Waals surface area contributed by atoms with Crippen LogP contribution < -0.4 is 16.2 Å². The van der Waals surface area contributed by atoms with Gasteiger partial charge in [0.25, 0.3) is 0 Å². The number of hydrogen-bond donors (Lipinski definition) is 2. The SMILES string of the molecule is CCCc1nc(NN)cc(N2CC(C)CC(C)C2)n1. The number of aryl methyl sites for hydroxylation is 1. The summed E-state index contributed by atoms with van der Waals surface area (Å²) in [7, 11) is 0. The fourth-order valence-corrected chi connectivity index (χ4v) is 2.90. The minimum Gasteiger partial charge on any atom is -0.356 e. The van der Waals surface area contributed by atoms with Crippen molar-refractivity contribution < 1.29 is 0 Å². The summed E-state index contributed by atoms with van der Waals surface area (Å²) < 4.78 is 0. The molecule has 1 aromatic rings. The molecule has 0 radical (unpaired) electrons. The Kier molecular flexibility index (Phi) is 4.58. The minimum atomic E-state index is 0.708. The van der Waals surface area contributed by atoms with Crippen LogP contribution in [0.5, 0.6) is 0 Å². The summed E-state index contributed by atoms with van der Waals surface area (Å²) in [5, 5.41) is 0. The molecule has 1 aliphatic rings. The van der Waals surface area contributed by atoms with E-state index in [0.717, 1.165) is 37.6 Å². The van der Waals surface area contributed by atoms with E-state index in [9.17, 15) is 0 Å². The average Bonchev–Trinajstić information content (AvgIpc) is 2.37. The van der Waals surface area contributed by atoms with E-state index in [1.165, 1.54) is 6.42 Å². The van der Waals surface area contributed by atoms with Gasteiger partial charge in [-0.3, -0.25) is 0 Å². The number of nitrogens with one attached hydrogen (secondary N) is 1. The highest BCUT2D eigenvalue weighted by Gasteiger charge is 2.23. The van der Waals surface area contributed by atoms with Gasteiger partial charge in [-0.2, -0.15) is 0 Å². The van der Waals surface area contributed by atoms with Gasteiger partial charge in [0.1, 0.15) is 17.5 Å². The van der Waals surface area contributed by atoms with Crippen molar-refractivity contribution in [2.75, 3.05) is 23.4 Å². The van der Waals surface area contributed by atoms with Gasteiger partial charge in [-0.25, -0.2) is 15.8 Å². The Morgan fingerprint density at radius 1 is 1.32 bits per heavy atom. The molecule has 0 aromatic carbocycles. The summed E-state index contributed by atoms with van der Waals surface area (Å²) >= 11 is 0. The molecule has 5 nitrogen and oxygen atoms in total. The number of anilines is 2. The number of rotatable bonds is 4. The van der Waals surface area contributed by atoms with Crippen molar-refractivity contribution in [3.63, 3.8) is 0 Å². The molecule has 1 fully saturated rings. The van der Waals surface area contributed by atoms with Gasteiger partial charge in [-0.05, 0) is 24.7 Å². The summed E-state index contributed by atoms with van der Waals surface area (Å²) in [5.41, 5.74) is 2.65. The van der Waals surface area contributed by atoms with Crippen molar-refractivity contribution in [2.45, 2.75) is 40.0 Å². The van der Waals surface area contributed by atoms with Gasteiger partial charge in [-0.1, -0.05) is 20.8 Å². The first-order valence-electron chi connectivity index (χ1n) is 7.21. The second kappa shape index (κ2) is 6.19. The first kappa shape index (κ1) is 14.1. The predicted molar refractivity (Wildman–Crippen MR) is 79.0 cm³/mol. The van der Waals surface area contributed by atoms with Gasteiger partial charge in [0.2, 0.25) is 0 Å². The van der Waals surface area contributed by atoms with Crippen LogP contribution in [0.3, 0.4) is 0 Å². The summed E-state index contributed by atoms with van der Waals surface area (Å²) in [6.07, 6.45) is 3.23. The zero-order valence-corrected chi connectivity index (χ0v) is 12.2. The summed E-state index contributed by atoms with van der Waals surface area (Å²) in [5.74, 6) is 9.52. The lowest BCUT2D eigenvalue weighted by molar-refractivity contribution is 0.355. The van der Waals surface area contributed by atoms with Gasteiger partial charge in [0.15, 0.2) is 0 Å². The van der Waals surface area contributed by atoms with Crippen molar-refractivity contribution in [3.8, 4) is 0 Å². The number of nitrogens with zero attached hydrogens (tertiary/aromatic N) is 3. The first-order valence-corrected chi connectivity index (χ1v) is 7.21. The smallest absolute Gasteiger partial charge is 0.145 e. The van der Waals surface area contributed by atoms with Crippen LogP contribution in [0, 0.1) is 11.8 Å². The fourth-order valence-electron chi connectivity index (χ4n) is 2.90. The predicted octanol–water partition coefficient (Wildman–Crippen LogP) is 2.20. The molecule has 2 unspecified atom stereocenters. The van der Waals surface area contributed by atoms with Crippen LogP contribution in [0.2, 0.25) is 0 Å². The molecule has 106 valence electrons. The maximum atomic E-state index is 5.51. The summed E-state index contributed by atoms with van der Waals surface area (Å²) in [6, 6.07) is 1.95. The molecule has 2 atom stereocenters. The Labute approximate surface area is 115 Å². The number of piperidine rings is 1. The largest absolute Gasteiger partial charge is 0.356 e. The van der Waals surface area contributed by atoms with Gasteiger partial charge in [0.05, 0.1) is 0 Å². The van der Waals surface area contributed by atoms with E-state index >= 15 is 0 Å². The fraction of sp³-hybridized carbons (Fsp3) is 0.714. The van der Waals surface area contributed by atoms with Crippen LogP contribution in [-0.4, -0.2) is 23.1 Å².